The van der Waals surface area contributed by atoms with Crippen LogP contribution >= 0.6 is 0 Å². The minimum Gasteiger partial charge on any atom is -0.311 e. The molecule has 1 amide bonds. The molecule has 0 aliphatic heterocycles. The van der Waals surface area contributed by atoms with Crippen LogP contribution in [0.15, 0.2) is 42.7 Å². The van der Waals surface area contributed by atoms with Gasteiger partial charge in [-0.2, -0.15) is 0 Å². The standard InChI is InChI=1S/C19H26N4O/c1-14(2)12-17(16-6-4-5-10-20-16)21-11-9-19(24)23-18-8-7-15(3)13-22-18/h4-8,10,13-14,17,21H,9,11-12H2,1-3H3,(H,22,23,24)/t17-/m0/s1. The molecule has 1 atom stereocenters. The maximum Gasteiger partial charge on any atom is 0.226 e. The lowest BCUT2D eigenvalue weighted by atomic mass is 10.0. The molecule has 0 aliphatic carbocycles. The highest BCUT2D eigenvalue weighted by molar-refractivity contribution is 5.89. The van der Waals surface area contributed by atoms with Crippen LogP contribution in [0.4, 0.5) is 5.82 Å². The van der Waals surface area contributed by atoms with Gasteiger partial charge in [-0.1, -0.05) is 26.0 Å². The number of amides is 1. The van der Waals surface area contributed by atoms with E-state index in [0.717, 1.165) is 17.7 Å². The van der Waals surface area contributed by atoms with Gasteiger partial charge < -0.3 is 10.6 Å². The van der Waals surface area contributed by atoms with Crippen molar-refractivity contribution < 1.29 is 4.79 Å². The van der Waals surface area contributed by atoms with E-state index >= 15 is 0 Å². The van der Waals surface area contributed by atoms with Crippen molar-refractivity contribution in [2.45, 2.75) is 39.7 Å². The number of pyridine rings is 2. The van der Waals surface area contributed by atoms with E-state index in [1.54, 1.807) is 12.4 Å². The molecule has 2 aromatic rings. The zero-order valence-corrected chi connectivity index (χ0v) is 14.6. The normalized spacial score (nSPS) is 12.2. The van der Waals surface area contributed by atoms with Crippen molar-refractivity contribution in [1.29, 1.82) is 0 Å². The zero-order valence-electron chi connectivity index (χ0n) is 14.6. The average molecular weight is 326 g/mol. The second-order valence-corrected chi connectivity index (χ2v) is 6.41. The fourth-order valence-corrected chi connectivity index (χ4v) is 2.47. The fourth-order valence-electron chi connectivity index (χ4n) is 2.47. The lowest BCUT2D eigenvalue weighted by molar-refractivity contribution is -0.116. The minimum absolute atomic E-state index is 0.0387. The van der Waals surface area contributed by atoms with Crippen LogP contribution in [0.5, 0.6) is 0 Å². The summed E-state index contributed by atoms with van der Waals surface area (Å²) in [5, 5.41) is 6.27. The van der Waals surface area contributed by atoms with E-state index in [9.17, 15) is 4.79 Å². The summed E-state index contributed by atoms with van der Waals surface area (Å²) >= 11 is 0. The molecule has 0 unspecified atom stereocenters. The summed E-state index contributed by atoms with van der Waals surface area (Å²) in [6, 6.07) is 9.84. The van der Waals surface area contributed by atoms with E-state index in [4.69, 9.17) is 0 Å². The van der Waals surface area contributed by atoms with Crippen LogP contribution in [-0.2, 0) is 4.79 Å². The van der Waals surface area contributed by atoms with E-state index in [1.165, 1.54) is 0 Å². The minimum atomic E-state index is -0.0387. The summed E-state index contributed by atoms with van der Waals surface area (Å²) in [5.41, 5.74) is 2.09. The van der Waals surface area contributed by atoms with Crippen LogP contribution < -0.4 is 10.6 Å². The maximum atomic E-state index is 12.0. The molecule has 5 nitrogen and oxygen atoms in total. The van der Waals surface area contributed by atoms with Gasteiger partial charge in [0, 0.05) is 31.4 Å². The first kappa shape index (κ1) is 18.1. The molecule has 0 radical (unpaired) electrons. The summed E-state index contributed by atoms with van der Waals surface area (Å²) in [7, 11) is 0. The molecule has 0 bridgehead atoms. The van der Waals surface area contributed by atoms with Crippen molar-refractivity contribution in [3.63, 3.8) is 0 Å². The van der Waals surface area contributed by atoms with E-state index in [2.05, 4.69) is 34.4 Å². The van der Waals surface area contributed by atoms with Crippen molar-refractivity contribution in [2.24, 2.45) is 5.92 Å². The van der Waals surface area contributed by atoms with Gasteiger partial charge in [-0.05, 0) is 43.0 Å². The highest BCUT2D eigenvalue weighted by Gasteiger charge is 2.14. The summed E-state index contributed by atoms with van der Waals surface area (Å²) in [4.78, 5) is 20.6. The molecule has 24 heavy (non-hydrogen) atoms. The van der Waals surface area contributed by atoms with Crippen molar-refractivity contribution >= 4 is 11.7 Å². The first-order chi connectivity index (χ1) is 11.5. The van der Waals surface area contributed by atoms with Gasteiger partial charge in [0.2, 0.25) is 5.91 Å². The van der Waals surface area contributed by atoms with Gasteiger partial charge in [-0.15, -0.1) is 0 Å². The first-order valence-electron chi connectivity index (χ1n) is 8.41. The van der Waals surface area contributed by atoms with Crippen LogP contribution in [-0.4, -0.2) is 22.4 Å². The number of hydrogen-bond donors (Lipinski definition) is 2. The Hall–Kier alpha value is -2.27. The van der Waals surface area contributed by atoms with Gasteiger partial charge in [0.1, 0.15) is 5.82 Å². The Morgan fingerprint density at radius 3 is 2.62 bits per heavy atom. The maximum absolute atomic E-state index is 12.0. The molecule has 0 saturated heterocycles. The number of rotatable bonds is 8. The van der Waals surface area contributed by atoms with E-state index < -0.39 is 0 Å². The van der Waals surface area contributed by atoms with Crippen molar-refractivity contribution in [2.75, 3.05) is 11.9 Å². The summed E-state index contributed by atoms with van der Waals surface area (Å²) in [5.74, 6) is 1.10. The fraction of sp³-hybridized carbons (Fsp3) is 0.421. The quantitative estimate of drug-likeness (QED) is 0.779. The van der Waals surface area contributed by atoms with Crippen LogP contribution in [0.2, 0.25) is 0 Å². The number of aryl methyl sites for hydroxylation is 1. The Balaban J connectivity index is 1.83. The van der Waals surface area contributed by atoms with Crippen LogP contribution in [0, 0.1) is 12.8 Å². The number of aromatic nitrogens is 2. The monoisotopic (exact) mass is 326 g/mol. The molecule has 5 heteroatoms. The topological polar surface area (TPSA) is 66.9 Å². The number of anilines is 1. The second kappa shape index (κ2) is 9.13. The van der Waals surface area contributed by atoms with E-state index in [-0.39, 0.29) is 11.9 Å². The van der Waals surface area contributed by atoms with E-state index in [1.807, 2.05) is 37.3 Å². The zero-order chi connectivity index (χ0) is 17.4. The Bertz CT molecular complexity index is 626. The lowest BCUT2D eigenvalue weighted by Gasteiger charge is -2.20. The molecule has 2 heterocycles. The lowest BCUT2D eigenvalue weighted by Crippen LogP contribution is -2.27. The van der Waals surface area contributed by atoms with Crippen molar-refractivity contribution in [3.8, 4) is 0 Å². The molecule has 0 aromatic carbocycles. The second-order valence-electron chi connectivity index (χ2n) is 6.41. The first-order valence-corrected chi connectivity index (χ1v) is 8.41. The molecule has 0 fully saturated rings. The number of nitrogens with one attached hydrogen (secondary N) is 2. The van der Waals surface area contributed by atoms with Crippen LogP contribution in [0.1, 0.15) is 44.0 Å². The van der Waals surface area contributed by atoms with Gasteiger partial charge in [-0.25, -0.2) is 4.98 Å². The molecule has 0 spiro atoms. The Kier molecular flexibility index (Phi) is 6.88. The van der Waals surface area contributed by atoms with Gasteiger partial charge in [-0.3, -0.25) is 9.78 Å². The smallest absolute Gasteiger partial charge is 0.226 e. The Labute approximate surface area is 143 Å². The number of hydrogen-bond acceptors (Lipinski definition) is 4. The molecule has 128 valence electrons. The molecular weight excluding hydrogens is 300 g/mol. The van der Waals surface area contributed by atoms with Gasteiger partial charge >= 0.3 is 0 Å². The third-order valence-corrected chi connectivity index (χ3v) is 3.67. The molecule has 2 aromatic heterocycles. The number of carbonyl (C=O) groups excluding carboxylic acids is 1. The highest BCUT2D eigenvalue weighted by atomic mass is 16.1. The van der Waals surface area contributed by atoms with Gasteiger partial charge in [0.25, 0.3) is 0 Å². The van der Waals surface area contributed by atoms with Crippen molar-refractivity contribution in [3.05, 3.63) is 54.0 Å². The van der Waals surface area contributed by atoms with Crippen LogP contribution in [0.25, 0.3) is 0 Å². The predicted molar refractivity (Wildman–Crippen MR) is 96.7 cm³/mol. The molecule has 0 aliphatic rings. The third kappa shape index (κ3) is 6.08. The van der Waals surface area contributed by atoms with Gasteiger partial charge in [0.05, 0.1) is 5.69 Å². The Morgan fingerprint density at radius 1 is 1.17 bits per heavy atom. The van der Waals surface area contributed by atoms with Crippen LogP contribution in [0.3, 0.4) is 0 Å². The van der Waals surface area contributed by atoms with Crippen molar-refractivity contribution in [1.82, 2.24) is 15.3 Å². The predicted octanol–water partition coefficient (Wildman–Crippen LogP) is 3.49. The molecule has 2 rings (SSSR count). The largest absolute Gasteiger partial charge is 0.311 e. The third-order valence-electron chi connectivity index (χ3n) is 3.67. The molecule has 0 saturated carbocycles. The SMILES string of the molecule is Cc1ccc(NC(=O)CCN[C@@H](CC(C)C)c2ccccn2)nc1. The van der Waals surface area contributed by atoms with E-state index in [0.29, 0.717) is 24.7 Å². The highest BCUT2D eigenvalue weighted by Crippen LogP contribution is 2.19. The summed E-state index contributed by atoms with van der Waals surface area (Å²) in [6.45, 7) is 6.95. The van der Waals surface area contributed by atoms with Gasteiger partial charge in [0.15, 0.2) is 0 Å². The molecule has 2 N–H and O–H groups in total. The Morgan fingerprint density at radius 2 is 2.00 bits per heavy atom. The number of carbonyl (C=O) groups is 1. The summed E-state index contributed by atoms with van der Waals surface area (Å²) < 4.78 is 0. The summed E-state index contributed by atoms with van der Waals surface area (Å²) in [6.07, 6.45) is 4.93. The molecular formula is C19H26N4O. The number of nitrogens with zero attached hydrogens (tertiary/aromatic N) is 2. The average Bonchev–Trinajstić information content (AvgIpc) is 2.56.